The van der Waals surface area contributed by atoms with Crippen LogP contribution in [0.25, 0.3) is 0 Å². The van der Waals surface area contributed by atoms with Crippen LogP contribution in [0.4, 0.5) is 28.9 Å². The van der Waals surface area contributed by atoms with E-state index in [0.717, 1.165) is 6.07 Å². The molecule has 0 radical (unpaired) electrons. The lowest BCUT2D eigenvalue weighted by molar-refractivity contribution is -0.116. The van der Waals surface area contributed by atoms with Crippen LogP contribution in [0.2, 0.25) is 5.02 Å². The van der Waals surface area contributed by atoms with Crippen molar-refractivity contribution in [2.45, 2.75) is 6.42 Å². The lowest BCUT2D eigenvalue weighted by atomic mass is 10.2. The Morgan fingerprint density at radius 1 is 1.00 bits per heavy atom. The Morgan fingerprint density at radius 3 is 2.39 bits per heavy atom. The first-order chi connectivity index (χ1) is 10.9. The molecule has 1 amide bonds. The van der Waals surface area contributed by atoms with E-state index in [4.69, 9.17) is 11.6 Å². The van der Waals surface area contributed by atoms with E-state index in [1.807, 2.05) is 0 Å². The minimum atomic E-state index is -1.65. The molecule has 2 rings (SSSR count). The maximum absolute atomic E-state index is 13.4. The number of benzene rings is 2. The molecule has 0 unspecified atom stereocenters. The summed E-state index contributed by atoms with van der Waals surface area (Å²) >= 11 is 5.61. The molecule has 0 aliphatic carbocycles. The topological polar surface area (TPSA) is 41.1 Å². The van der Waals surface area contributed by atoms with Crippen LogP contribution in [0.15, 0.2) is 30.3 Å². The summed E-state index contributed by atoms with van der Waals surface area (Å²) in [6.45, 7) is 0.152. The SMILES string of the molecule is O=C(CCNc1ccc(F)c(Cl)c1)Nc1ccc(F)c(F)c1F. The van der Waals surface area contributed by atoms with Crippen molar-refractivity contribution in [2.75, 3.05) is 17.2 Å². The molecule has 0 atom stereocenters. The van der Waals surface area contributed by atoms with E-state index in [-0.39, 0.29) is 18.0 Å². The molecule has 2 aromatic carbocycles. The van der Waals surface area contributed by atoms with E-state index in [1.165, 1.54) is 18.2 Å². The molecular formula is C15H11ClF4N2O. The number of hydrogen-bond donors (Lipinski definition) is 2. The number of carbonyl (C=O) groups is 1. The van der Waals surface area contributed by atoms with E-state index in [9.17, 15) is 22.4 Å². The maximum Gasteiger partial charge on any atom is 0.226 e. The third-order valence-corrected chi connectivity index (χ3v) is 3.20. The van der Waals surface area contributed by atoms with Crippen LogP contribution in [-0.2, 0) is 4.79 Å². The van der Waals surface area contributed by atoms with Crippen LogP contribution >= 0.6 is 11.6 Å². The lowest BCUT2D eigenvalue weighted by Crippen LogP contribution is -2.17. The second-order valence-electron chi connectivity index (χ2n) is 4.58. The summed E-state index contributed by atoms with van der Waals surface area (Å²) < 4.78 is 52.2. The monoisotopic (exact) mass is 346 g/mol. The number of rotatable bonds is 5. The van der Waals surface area contributed by atoms with Gasteiger partial charge in [0.2, 0.25) is 5.91 Å². The van der Waals surface area contributed by atoms with Gasteiger partial charge in [-0.15, -0.1) is 0 Å². The molecule has 0 saturated carbocycles. The highest BCUT2D eigenvalue weighted by atomic mass is 35.5. The summed E-state index contributed by atoms with van der Waals surface area (Å²) in [7, 11) is 0. The Bertz CT molecular complexity index is 740. The number of anilines is 2. The van der Waals surface area contributed by atoms with Gasteiger partial charge in [-0.1, -0.05) is 11.6 Å². The smallest absolute Gasteiger partial charge is 0.226 e. The Labute approximate surface area is 134 Å². The molecule has 0 aromatic heterocycles. The van der Waals surface area contributed by atoms with Crippen LogP contribution < -0.4 is 10.6 Å². The Kier molecular flexibility index (Phi) is 5.44. The zero-order valence-electron chi connectivity index (χ0n) is 11.6. The number of carbonyl (C=O) groups excluding carboxylic acids is 1. The van der Waals surface area contributed by atoms with Crippen molar-refractivity contribution >= 4 is 28.9 Å². The van der Waals surface area contributed by atoms with Gasteiger partial charge < -0.3 is 10.6 Å². The molecule has 0 bridgehead atoms. The second kappa shape index (κ2) is 7.32. The highest BCUT2D eigenvalue weighted by Gasteiger charge is 2.15. The minimum absolute atomic E-state index is 0.0664. The van der Waals surface area contributed by atoms with Gasteiger partial charge in [0, 0.05) is 18.7 Å². The van der Waals surface area contributed by atoms with Crippen LogP contribution in [0.1, 0.15) is 6.42 Å². The van der Waals surface area contributed by atoms with Crippen molar-refractivity contribution in [3.05, 3.63) is 58.6 Å². The molecular weight excluding hydrogens is 336 g/mol. The highest BCUT2D eigenvalue weighted by Crippen LogP contribution is 2.20. The zero-order chi connectivity index (χ0) is 17.0. The van der Waals surface area contributed by atoms with Gasteiger partial charge in [0.05, 0.1) is 10.7 Å². The van der Waals surface area contributed by atoms with Crippen molar-refractivity contribution in [1.29, 1.82) is 0 Å². The summed E-state index contributed by atoms with van der Waals surface area (Å²) in [6, 6.07) is 5.60. The summed E-state index contributed by atoms with van der Waals surface area (Å²) in [5.74, 6) is -5.62. The normalized spacial score (nSPS) is 10.5. The molecule has 0 fully saturated rings. The molecule has 0 aliphatic heterocycles. The molecule has 2 N–H and O–H groups in total. The van der Waals surface area contributed by atoms with Gasteiger partial charge in [0.1, 0.15) is 5.82 Å². The van der Waals surface area contributed by atoms with E-state index >= 15 is 0 Å². The first-order valence-corrected chi connectivity index (χ1v) is 6.88. The fraction of sp³-hybridized carbons (Fsp3) is 0.133. The number of hydrogen-bond acceptors (Lipinski definition) is 2. The molecule has 0 saturated heterocycles. The molecule has 2 aromatic rings. The van der Waals surface area contributed by atoms with Crippen molar-refractivity contribution in [3.63, 3.8) is 0 Å². The first-order valence-electron chi connectivity index (χ1n) is 6.50. The van der Waals surface area contributed by atoms with Gasteiger partial charge in [-0.25, -0.2) is 17.6 Å². The Hall–Kier alpha value is -2.28. The van der Waals surface area contributed by atoms with Crippen LogP contribution in [0.5, 0.6) is 0 Å². The van der Waals surface area contributed by atoms with E-state index in [1.54, 1.807) is 0 Å². The van der Waals surface area contributed by atoms with E-state index in [2.05, 4.69) is 10.6 Å². The quantitative estimate of drug-likeness (QED) is 0.624. The predicted octanol–water partition coefficient (Wildman–Crippen LogP) is 4.34. The molecule has 0 aliphatic rings. The molecule has 8 heteroatoms. The highest BCUT2D eigenvalue weighted by molar-refractivity contribution is 6.31. The van der Waals surface area contributed by atoms with Gasteiger partial charge in [0.15, 0.2) is 17.5 Å². The molecule has 122 valence electrons. The van der Waals surface area contributed by atoms with Crippen molar-refractivity contribution in [2.24, 2.45) is 0 Å². The van der Waals surface area contributed by atoms with Crippen LogP contribution in [0.3, 0.4) is 0 Å². The third-order valence-electron chi connectivity index (χ3n) is 2.91. The average Bonchev–Trinajstić information content (AvgIpc) is 2.51. The fourth-order valence-electron chi connectivity index (χ4n) is 1.76. The minimum Gasteiger partial charge on any atom is -0.384 e. The molecule has 3 nitrogen and oxygen atoms in total. The van der Waals surface area contributed by atoms with Gasteiger partial charge in [-0.05, 0) is 30.3 Å². The maximum atomic E-state index is 13.4. The summed E-state index contributed by atoms with van der Waals surface area (Å²) in [5, 5.41) is 4.90. The van der Waals surface area contributed by atoms with Crippen molar-refractivity contribution < 1.29 is 22.4 Å². The number of halogens is 5. The Morgan fingerprint density at radius 2 is 1.70 bits per heavy atom. The van der Waals surface area contributed by atoms with E-state index < -0.39 is 34.9 Å². The average molecular weight is 347 g/mol. The van der Waals surface area contributed by atoms with Gasteiger partial charge >= 0.3 is 0 Å². The second-order valence-corrected chi connectivity index (χ2v) is 4.98. The standard InChI is InChI=1S/C15H11ClF4N2O/c16-9-7-8(1-2-10(9)17)21-6-5-13(23)22-12-4-3-11(18)14(19)15(12)20/h1-4,7,21H,5-6H2,(H,22,23). The molecule has 0 spiro atoms. The van der Waals surface area contributed by atoms with Crippen LogP contribution in [0, 0.1) is 23.3 Å². The third kappa shape index (κ3) is 4.35. The number of nitrogens with one attached hydrogen (secondary N) is 2. The van der Waals surface area contributed by atoms with E-state index in [0.29, 0.717) is 11.8 Å². The van der Waals surface area contributed by atoms with Crippen LogP contribution in [-0.4, -0.2) is 12.5 Å². The van der Waals surface area contributed by atoms with Gasteiger partial charge in [0.25, 0.3) is 0 Å². The summed E-state index contributed by atoms with van der Waals surface area (Å²) in [4.78, 5) is 11.7. The molecule has 0 heterocycles. The van der Waals surface area contributed by atoms with Gasteiger partial charge in [-0.2, -0.15) is 0 Å². The summed E-state index contributed by atoms with van der Waals surface area (Å²) in [5.41, 5.74) is 0.0573. The van der Waals surface area contributed by atoms with Crippen molar-refractivity contribution in [1.82, 2.24) is 0 Å². The lowest BCUT2D eigenvalue weighted by Gasteiger charge is -2.09. The van der Waals surface area contributed by atoms with Crippen molar-refractivity contribution in [3.8, 4) is 0 Å². The number of amides is 1. The zero-order valence-corrected chi connectivity index (χ0v) is 12.4. The largest absolute Gasteiger partial charge is 0.384 e. The Balaban J connectivity index is 1.88. The van der Waals surface area contributed by atoms with Gasteiger partial charge in [-0.3, -0.25) is 4.79 Å². The molecule has 23 heavy (non-hydrogen) atoms. The summed E-state index contributed by atoms with van der Waals surface area (Å²) in [6.07, 6.45) is -0.0760. The predicted molar refractivity (Wildman–Crippen MR) is 79.5 cm³/mol. The first kappa shape index (κ1) is 17.1. The fourth-order valence-corrected chi connectivity index (χ4v) is 1.94.